The van der Waals surface area contributed by atoms with Crippen LogP contribution in [0.15, 0.2) is 24.3 Å². The second-order valence-corrected chi connectivity index (χ2v) is 5.29. The first kappa shape index (κ1) is 14.5. The van der Waals surface area contributed by atoms with E-state index in [-0.39, 0.29) is 11.8 Å². The molecule has 1 unspecified atom stereocenters. The van der Waals surface area contributed by atoms with Crippen molar-refractivity contribution in [2.24, 2.45) is 11.7 Å². The van der Waals surface area contributed by atoms with E-state index in [0.29, 0.717) is 31.5 Å². The highest BCUT2D eigenvalue weighted by Gasteiger charge is 2.51. The summed E-state index contributed by atoms with van der Waals surface area (Å²) in [6.45, 7) is 2.24. The second-order valence-electron chi connectivity index (χ2n) is 5.29. The maximum atomic E-state index is 11.9. The zero-order valence-corrected chi connectivity index (χ0v) is 11.6. The molecule has 0 aromatic heterocycles. The molecule has 4 N–H and O–H groups in total. The Morgan fingerprint density at radius 1 is 1.35 bits per heavy atom. The number of carboxylic acids is 1. The molecule has 1 aromatic rings. The van der Waals surface area contributed by atoms with Gasteiger partial charge in [0.1, 0.15) is 0 Å². The van der Waals surface area contributed by atoms with E-state index in [1.165, 1.54) is 0 Å². The smallest absolute Gasteiger partial charge is 0.314 e. The Morgan fingerprint density at radius 2 is 1.95 bits per heavy atom. The summed E-state index contributed by atoms with van der Waals surface area (Å²) in [7, 11) is 0. The van der Waals surface area contributed by atoms with Crippen LogP contribution in [0.5, 0.6) is 0 Å². The normalized spacial score (nSPS) is 17.3. The highest BCUT2D eigenvalue weighted by molar-refractivity contribution is 5.93. The number of carbonyl (C=O) groups excluding carboxylic acids is 1. The molecule has 0 bridgehead atoms. The largest absolute Gasteiger partial charge is 0.481 e. The lowest BCUT2D eigenvalue weighted by Crippen LogP contribution is -2.28. The third-order valence-electron chi connectivity index (χ3n) is 4.01. The average Bonchev–Trinajstić information content (AvgIpc) is 3.22. The van der Waals surface area contributed by atoms with Gasteiger partial charge >= 0.3 is 5.97 Å². The average molecular weight is 276 g/mol. The van der Waals surface area contributed by atoms with E-state index in [4.69, 9.17) is 5.73 Å². The lowest BCUT2D eigenvalue weighted by Gasteiger charge is -2.14. The fraction of sp³-hybridized carbons (Fsp3) is 0.467. The van der Waals surface area contributed by atoms with Gasteiger partial charge in [-0.1, -0.05) is 19.1 Å². The standard InChI is InChI=1S/C15H20N2O3/c1-2-10(9-16)13(18)17-12-5-3-11(4-6-12)15(7-8-15)14(19)20/h3-6,10H,2,7-9,16H2,1H3,(H,17,18)(H,19,20). The van der Waals surface area contributed by atoms with E-state index in [1.807, 2.05) is 6.92 Å². The third-order valence-corrected chi connectivity index (χ3v) is 4.01. The number of nitrogens with two attached hydrogens (primary N) is 1. The van der Waals surface area contributed by atoms with Crippen molar-refractivity contribution < 1.29 is 14.7 Å². The van der Waals surface area contributed by atoms with Gasteiger partial charge in [0.05, 0.1) is 11.3 Å². The van der Waals surface area contributed by atoms with Gasteiger partial charge in [-0.25, -0.2) is 0 Å². The van der Waals surface area contributed by atoms with Gasteiger partial charge in [-0.15, -0.1) is 0 Å². The van der Waals surface area contributed by atoms with Gasteiger partial charge in [-0.3, -0.25) is 9.59 Å². The molecule has 2 rings (SSSR count). The Hall–Kier alpha value is -1.88. The highest BCUT2D eigenvalue weighted by Crippen LogP contribution is 2.48. The number of benzene rings is 1. The molecule has 5 heteroatoms. The number of rotatable bonds is 6. The predicted molar refractivity (Wildman–Crippen MR) is 76.5 cm³/mol. The molecule has 20 heavy (non-hydrogen) atoms. The van der Waals surface area contributed by atoms with E-state index in [9.17, 15) is 14.7 Å². The van der Waals surface area contributed by atoms with E-state index in [0.717, 1.165) is 5.56 Å². The summed E-state index contributed by atoms with van der Waals surface area (Å²) in [5, 5.41) is 12.0. The molecule has 0 radical (unpaired) electrons. The van der Waals surface area contributed by atoms with Crippen LogP contribution >= 0.6 is 0 Å². The Kier molecular flexibility index (Phi) is 4.09. The molecule has 1 atom stereocenters. The van der Waals surface area contributed by atoms with Crippen molar-refractivity contribution >= 4 is 17.6 Å². The van der Waals surface area contributed by atoms with Crippen molar-refractivity contribution in [2.45, 2.75) is 31.6 Å². The first-order chi connectivity index (χ1) is 9.53. The summed E-state index contributed by atoms with van der Waals surface area (Å²) < 4.78 is 0. The Bertz CT molecular complexity index is 502. The molecule has 1 saturated carbocycles. The summed E-state index contributed by atoms with van der Waals surface area (Å²) in [6.07, 6.45) is 2.06. The van der Waals surface area contributed by atoms with Crippen LogP contribution in [-0.2, 0) is 15.0 Å². The van der Waals surface area contributed by atoms with Gasteiger partial charge in [0, 0.05) is 12.2 Å². The number of aliphatic carboxylic acids is 1. The van der Waals surface area contributed by atoms with Gasteiger partial charge in [-0.2, -0.15) is 0 Å². The molecule has 0 aliphatic heterocycles. The van der Waals surface area contributed by atoms with Gasteiger partial charge in [0.15, 0.2) is 0 Å². The molecule has 0 saturated heterocycles. The topological polar surface area (TPSA) is 92.4 Å². The number of carboxylic acid groups (broad SMARTS) is 1. The molecule has 1 aliphatic rings. The van der Waals surface area contributed by atoms with Crippen LogP contribution in [-0.4, -0.2) is 23.5 Å². The van der Waals surface area contributed by atoms with Crippen LogP contribution in [0.3, 0.4) is 0 Å². The molecule has 0 heterocycles. The van der Waals surface area contributed by atoms with Gasteiger partial charge in [0.25, 0.3) is 0 Å². The molecule has 1 aromatic carbocycles. The van der Waals surface area contributed by atoms with Gasteiger partial charge in [0.2, 0.25) is 5.91 Å². The lowest BCUT2D eigenvalue weighted by atomic mass is 9.96. The maximum Gasteiger partial charge on any atom is 0.314 e. The zero-order valence-electron chi connectivity index (χ0n) is 11.6. The molecular formula is C15H20N2O3. The zero-order chi connectivity index (χ0) is 14.8. The minimum absolute atomic E-state index is 0.0953. The van der Waals surface area contributed by atoms with Gasteiger partial charge in [-0.05, 0) is 37.0 Å². The third kappa shape index (κ3) is 2.67. The first-order valence-corrected chi connectivity index (χ1v) is 6.88. The van der Waals surface area contributed by atoms with Crippen molar-refractivity contribution in [1.29, 1.82) is 0 Å². The van der Waals surface area contributed by atoms with Crippen molar-refractivity contribution in [1.82, 2.24) is 0 Å². The van der Waals surface area contributed by atoms with Crippen LogP contribution in [0.1, 0.15) is 31.7 Å². The number of anilines is 1. The minimum Gasteiger partial charge on any atom is -0.481 e. The Morgan fingerprint density at radius 3 is 2.35 bits per heavy atom. The van der Waals surface area contributed by atoms with Crippen molar-refractivity contribution in [2.75, 3.05) is 11.9 Å². The van der Waals surface area contributed by atoms with E-state index in [2.05, 4.69) is 5.32 Å². The number of hydrogen-bond acceptors (Lipinski definition) is 3. The number of nitrogens with one attached hydrogen (secondary N) is 1. The summed E-state index contributed by atoms with van der Waals surface area (Å²) in [4.78, 5) is 23.1. The van der Waals surface area contributed by atoms with Crippen LogP contribution in [0.2, 0.25) is 0 Å². The molecule has 1 amide bonds. The minimum atomic E-state index is -0.775. The number of amides is 1. The summed E-state index contributed by atoms with van der Waals surface area (Å²) in [5.41, 5.74) is 6.30. The van der Waals surface area contributed by atoms with Crippen molar-refractivity contribution in [3.8, 4) is 0 Å². The van der Waals surface area contributed by atoms with E-state index >= 15 is 0 Å². The summed E-state index contributed by atoms with van der Waals surface area (Å²) in [6, 6.07) is 7.05. The van der Waals surface area contributed by atoms with Crippen LogP contribution in [0.4, 0.5) is 5.69 Å². The molecular weight excluding hydrogens is 256 g/mol. The molecule has 5 nitrogen and oxygen atoms in total. The number of carbonyl (C=O) groups is 2. The van der Waals surface area contributed by atoms with Crippen LogP contribution in [0, 0.1) is 5.92 Å². The molecule has 1 fully saturated rings. The number of hydrogen-bond donors (Lipinski definition) is 3. The van der Waals surface area contributed by atoms with Crippen LogP contribution in [0.25, 0.3) is 0 Å². The fourth-order valence-electron chi connectivity index (χ4n) is 2.33. The van der Waals surface area contributed by atoms with E-state index < -0.39 is 11.4 Å². The Balaban J connectivity index is 2.06. The van der Waals surface area contributed by atoms with Crippen molar-refractivity contribution in [3.63, 3.8) is 0 Å². The van der Waals surface area contributed by atoms with Crippen LogP contribution < -0.4 is 11.1 Å². The predicted octanol–water partition coefficient (Wildman–Crippen LogP) is 1.73. The summed E-state index contributed by atoms with van der Waals surface area (Å²) >= 11 is 0. The lowest BCUT2D eigenvalue weighted by molar-refractivity contribution is -0.140. The molecule has 1 aliphatic carbocycles. The van der Waals surface area contributed by atoms with E-state index in [1.54, 1.807) is 24.3 Å². The highest BCUT2D eigenvalue weighted by atomic mass is 16.4. The fourth-order valence-corrected chi connectivity index (χ4v) is 2.33. The molecule has 108 valence electrons. The maximum absolute atomic E-state index is 11.9. The monoisotopic (exact) mass is 276 g/mol. The Labute approximate surface area is 118 Å². The van der Waals surface area contributed by atoms with Crippen molar-refractivity contribution in [3.05, 3.63) is 29.8 Å². The first-order valence-electron chi connectivity index (χ1n) is 6.88. The second kappa shape index (κ2) is 5.63. The quantitative estimate of drug-likeness (QED) is 0.737. The van der Waals surface area contributed by atoms with Gasteiger partial charge < -0.3 is 16.2 Å². The summed E-state index contributed by atoms with van der Waals surface area (Å²) in [5.74, 6) is -1.06. The molecule has 0 spiro atoms. The SMILES string of the molecule is CCC(CN)C(=O)Nc1ccc(C2(C(=O)O)CC2)cc1.